The lowest BCUT2D eigenvalue weighted by Crippen LogP contribution is -2.35. The molecule has 0 saturated carbocycles. The quantitative estimate of drug-likeness (QED) is 0.547. The van der Waals surface area contributed by atoms with Gasteiger partial charge in [-0.3, -0.25) is 14.3 Å². The lowest BCUT2D eigenvalue weighted by atomic mass is 10.1. The second-order valence-electron chi connectivity index (χ2n) is 5.70. The first-order valence-corrected chi connectivity index (χ1v) is 8.95. The molecule has 0 fully saturated rings. The molecule has 0 unspecified atom stereocenters. The third-order valence-electron chi connectivity index (χ3n) is 3.65. The Kier molecular flexibility index (Phi) is 5.97. The Labute approximate surface area is 163 Å². The maximum Gasteiger partial charge on any atom is 0.316 e. The molecule has 27 heavy (non-hydrogen) atoms. The van der Waals surface area contributed by atoms with E-state index in [1.165, 1.54) is 0 Å². The number of rotatable bonds is 7. The molecule has 0 aliphatic carbocycles. The second-order valence-corrected chi connectivity index (χ2v) is 6.61. The first kappa shape index (κ1) is 18.8. The number of hydrogen-bond donors (Lipinski definition) is 2. The largest absolute Gasteiger partial charge is 0.350 e. The number of hydrogen-bond acceptors (Lipinski definition) is 6. The van der Waals surface area contributed by atoms with Crippen LogP contribution in [0.5, 0.6) is 0 Å². The molecule has 0 aliphatic heterocycles. The van der Waals surface area contributed by atoms with Crippen molar-refractivity contribution in [1.82, 2.24) is 30.6 Å². The van der Waals surface area contributed by atoms with Crippen molar-refractivity contribution in [3.8, 4) is 0 Å². The topological polar surface area (TPSA) is 115 Å². The average Bonchev–Trinajstić information content (AvgIpc) is 3.28. The number of amides is 2. The zero-order valence-electron chi connectivity index (χ0n) is 14.5. The van der Waals surface area contributed by atoms with Crippen LogP contribution in [0.2, 0.25) is 0 Å². The molecule has 1 aromatic carbocycles. The van der Waals surface area contributed by atoms with Crippen LogP contribution in [0.25, 0.3) is 0 Å². The minimum absolute atomic E-state index is 0.138. The van der Waals surface area contributed by atoms with Gasteiger partial charge in [0.1, 0.15) is 6.54 Å². The minimum Gasteiger partial charge on any atom is -0.350 e. The van der Waals surface area contributed by atoms with E-state index in [4.69, 9.17) is 4.52 Å². The van der Waals surface area contributed by atoms with Crippen LogP contribution in [-0.4, -0.2) is 44.8 Å². The number of benzene rings is 1. The van der Waals surface area contributed by atoms with Crippen molar-refractivity contribution in [3.05, 3.63) is 64.0 Å². The third kappa shape index (κ3) is 5.00. The van der Waals surface area contributed by atoms with Crippen LogP contribution < -0.4 is 10.6 Å². The summed E-state index contributed by atoms with van der Waals surface area (Å²) in [5.74, 6) is -0.488. The Balaban J connectivity index is 1.44. The number of aryl methyl sites for hydroxylation is 1. The standard InChI is InChI=1S/C17H17BrN6O3/c1-11-4-2-3-5-13(11)15(25)19-6-7-20-16(26)17-22-14(23-27-17)10-24-9-12(18)8-21-24/h2-5,8-9H,6-7,10H2,1H3,(H,19,25)(H,20,26). The SMILES string of the molecule is Cc1ccccc1C(=O)NCCNC(=O)c1nc(Cn2cc(Br)cn2)no1. The van der Waals surface area contributed by atoms with Gasteiger partial charge >= 0.3 is 11.8 Å². The van der Waals surface area contributed by atoms with E-state index in [1.54, 1.807) is 29.2 Å². The molecule has 2 N–H and O–H groups in total. The zero-order valence-corrected chi connectivity index (χ0v) is 16.1. The van der Waals surface area contributed by atoms with Gasteiger partial charge in [-0.1, -0.05) is 23.4 Å². The van der Waals surface area contributed by atoms with Gasteiger partial charge in [0.15, 0.2) is 5.82 Å². The predicted molar refractivity (Wildman–Crippen MR) is 99.2 cm³/mol. The molecule has 9 nitrogen and oxygen atoms in total. The van der Waals surface area contributed by atoms with E-state index in [1.807, 2.05) is 19.1 Å². The van der Waals surface area contributed by atoms with Crippen molar-refractivity contribution in [3.63, 3.8) is 0 Å². The molecule has 3 rings (SSSR count). The summed E-state index contributed by atoms with van der Waals surface area (Å²) in [7, 11) is 0. The highest BCUT2D eigenvalue weighted by Gasteiger charge is 2.15. The lowest BCUT2D eigenvalue weighted by Gasteiger charge is -2.07. The summed E-state index contributed by atoms with van der Waals surface area (Å²) in [6, 6.07) is 7.29. The van der Waals surface area contributed by atoms with E-state index < -0.39 is 5.91 Å². The average molecular weight is 433 g/mol. The maximum absolute atomic E-state index is 12.1. The monoisotopic (exact) mass is 432 g/mol. The molecule has 2 heterocycles. The molecule has 0 bridgehead atoms. The highest BCUT2D eigenvalue weighted by Crippen LogP contribution is 2.08. The molecule has 140 valence electrons. The lowest BCUT2D eigenvalue weighted by molar-refractivity contribution is 0.0898. The third-order valence-corrected chi connectivity index (χ3v) is 4.06. The van der Waals surface area contributed by atoms with Gasteiger partial charge in [0.05, 0.1) is 10.7 Å². The van der Waals surface area contributed by atoms with Crippen molar-refractivity contribution in [2.45, 2.75) is 13.5 Å². The zero-order chi connectivity index (χ0) is 19.2. The Morgan fingerprint density at radius 3 is 2.63 bits per heavy atom. The van der Waals surface area contributed by atoms with Gasteiger partial charge in [0.25, 0.3) is 5.91 Å². The van der Waals surface area contributed by atoms with Crippen LogP contribution in [0.1, 0.15) is 32.4 Å². The van der Waals surface area contributed by atoms with Gasteiger partial charge in [-0.2, -0.15) is 10.1 Å². The van der Waals surface area contributed by atoms with Crippen LogP contribution in [0.4, 0.5) is 0 Å². The molecule has 0 saturated heterocycles. The normalized spacial score (nSPS) is 10.6. The maximum atomic E-state index is 12.1. The van der Waals surface area contributed by atoms with Gasteiger partial charge in [-0.25, -0.2) is 0 Å². The number of carbonyl (C=O) groups excluding carboxylic acids is 2. The van der Waals surface area contributed by atoms with E-state index in [2.05, 4.69) is 41.8 Å². The molecule has 0 spiro atoms. The van der Waals surface area contributed by atoms with Crippen molar-refractivity contribution in [2.24, 2.45) is 0 Å². The highest BCUT2D eigenvalue weighted by molar-refractivity contribution is 9.10. The minimum atomic E-state index is -0.500. The van der Waals surface area contributed by atoms with Crippen LogP contribution in [0.3, 0.4) is 0 Å². The second kappa shape index (κ2) is 8.58. The van der Waals surface area contributed by atoms with Gasteiger partial charge in [-0.05, 0) is 34.5 Å². The first-order valence-electron chi connectivity index (χ1n) is 8.15. The number of halogens is 1. The fraction of sp³-hybridized carbons (Fsp3) is 0.235. The molecular formula is C17H17BrN6O3. The van der Waals surface area contributed by atoms with Crippen molar-refractivity contribution >= 4 is 27.7 Å². The number of nitrogens with zero attached hydrogens (tertiary/aromatic N) is 4. The van der Waals surface area contributed by atoms with E-state index in [0.717, 1.165) is 10.0 Å². The fourth-order valence-corrected chi connectivity index (χ4v) is 2.66. The van der Waals surface area contributed by atoms with Crippen molar-refractivity contribution in [1.29, 1.82) is 0 Å². The van der Waals surface area contributed by atoms with Crippen LogP contribution >= 0.6 is 15.9 Å². The van der Waals surface area contributed by atoms with Gasteiger partial charge in [-0.15, -0.1) is 0 Å². The van der Waals surface area contributed by atoms with E-state index >= 15 is 0 Å². The van der Waals surface area contributed by atoms with E-state index in [9.17, 15) is 9.59 Å². The Hall–Kier alpha value is -3.01. The Bertz CT molecular complexity index is 952. The Morgan fingerprint density at radius 2 is 1.93 bits per heavy atom. The van der Waals surface area contributed by atoms with Gasteiger partial charge in [0.2, 0.25) is 0 Å². The molecule has 2 amide bonds. The molecule has 3 aromatic rings. The van der Waals surface area contributed by atoms with E-state index in [-0.39, 0.29) is 31.4 Å². The van der Waals surface area contributed by atoms with Crippen LogP contribution in [0, 0.1) is 6.92 Å². The van der Waals surface area contributed by atoms with Gasteiger partial charge < -0.3 is 15.2 Å². The van der Waals surface area contributed by atoms with Crippen LogP contribution in [0.15, 0.2) is 45.7 Å². The molecule has 0 atom stereocenters. The highest BCUT2D eigenvalue weighted by atomic mass is 79.9. The number of nitrogens with one attached hydrogen (secondary N) is 2. The Morgan fingerprint density at radius 1 is 1.19 bits per heavy atom. The number of aromatic nitrogens is 4. The summed E-state index contributed by atoms with van der Waals surface area (Å²) in [6.07, 6.45) is 3.40. The van der Waals surface area contributed by atoms with E-state index in [0.29, 0.717) is 11.4 Å². The molecule has 2 aromatic heterocycles. The summed E-state index contributed by atoms with van der Waals surface area (Å²) in [4.78, 5) is 28.2. The summed E-state index contributed by atoms with van der Waals surface area (Å²) >= 11 is 3.30. The summed E-state index contributed by atoms with van der Waals surface area (Å²) < 4.78 is 7.39. The molecular weight excluding hydrogens is 416 g/mol. The summed E-state index contributed by atoms with van der Waals surface area (Å²) in [5.41, 5.74) is 1.50. The van der Waals surface area contributed by atoms with Crippen LogP contribution in [-0.2, 0) is 6.54 Å². The molecule has 10 heteroatoms. The number of carbonyl (C=O) groups is 2. The van der Waals surface area contributed by atoms with Gasteiger partial charge in [0, 0.05) is 24.8 Å². The predicted octanol–water partition coefficient (Wildman–Crippen LogP) is 1.55. The van der Waals surface area contributed by atoms with Crippen molar-refractivity contribution in [2.75, 3.05) is 13.1 Å². The fourth-order valence-electron chi connectivity index (χ4n) is 2.33. The molecule has 0 radical (unpaired) electrons. The van der Waals surface area contributed by atoms with Crippen molar-refractivity contribution < 1.29 is 14.1 Å². The summed E-state index contributed by atoms with van der Waals surface area (Å²) in [5, 5.41) is 13.2. The summed E-state index contributed by atoms with van der Waals surface area (Å²) in [6.45, 7) is 2.67. The molecule has 0 aliphatic rings. The first-order chi connectivity index (χ1) is 13.0. The smallest absolute Gasteiger partial charge is 0.316 e.